The van der Waals surface area contributed by atoms with E-state index in [1.54, 1.807) is 6.07 Å². The first kappa shape index (κ1) is 12.8. The fourth-order valence-electron chi connectivity index (χ4n) is 2.07. The summed E-state index contributed by atoms with van der Waals surface area (Å²) in [7, 11) is 1.90. The molecule has 0 unspecified atom stereocenters. The van der Waals surface area contributed by atoms with Crippen LogP contribution >= 0.6 is 0 Å². The van der Waals surface area contributed by atoms with Gasteiger partial charge >= 0.3 is 0 Å². The quantitative estimate of drug-likeness (QED) is 0.864. The third-order valence-corrected chi connectivity index (χ3v) is 3.26. The molecule has 0 bridgehead atoms. The van der Waals surface area contributed by atoms with E-state index in [1.165, 1.54) is 17.2 Å². The second-order valence-corrected chi connectivity index (χ2v) is 4.63. The smallest absolute Gasteiger partial charge is 0.123 e. The SMILES string of the molecule is CNCc1ccc(F)cc1-c1ccc(C)c(C)c1. The van der Waals surface area contributed by atoms with E-state index in [0.717, 1.165) is 23.2 Å². The molecule has 94 valence electrons. The highest BCUT2D eigenvalue weighted by Crippen LogP contribution is 2.26. The van der Waals surface area contributed by atoms with Gasteiger partial charge in [-0.1, -0.05) is 24.3 Å². The largest absolute Gasteiger partial charge is 0.316 e. The van der Waals surface area contributed by atoms with E-state index in [2.05, 4.69) is 37.4 Å². The first-order chi connectivity index (χ1) is 8.61. The maximum atomic E-state index is 13.4. The van der Waals surface area contributed by atoms with Gasteiger partial charge in [-0.05, 0) is 60.8 Å². The summed E-state index contributed by atoms with van der Waals surface area (Å²) in [5.41, 5.74) is 5.63. The summed E-state index contributed by atoms with van der Waals surface area (Å²) in [4.78, 5) is 0. The Hall–Kier alpha value is -1.67. The van der Waals surface area contributed by atoms with Gasteiger partial charge in [0, 0.05) is 6.54 Å². The van der Waals surface area contributed by atoms with Crippen LogP contribution < -0.4 is 5.32 Å². The Kier molecular flexibility index (Phi) is 3.78. The minimum atomic E-state index is -0.192. The van der Waals surface area contributed by atoms with Gasteiger partial charge in [-0.15, -0.1) is 0 Å². The molecule has 0 atom stereocenters. The molecule has 1 nitrogen and oxygen atoms in total. The average molecular weight is 243 g/mol. The van der Waals surface area contributed by atoms with Gasteiger partial charge in [-0.3, -0.25) is 0 Å². The molecule has 0 fully saturated rings. The van der Waals surface area contributed by atoms with Crippen molar-refractivity contribution in [2.45, 2.75) is 20.4 Å². The van der Waals surface area contributed by atoms with Crippen LogP contribution in [0.15, 0.2) is 36.4 Å². The predicted molar refractivity (Wildman–Crippen MR) is 74.1 cm³/mol. The molecular weight excluding hydrogens is 225 g/mol. The Bertz CT molecular complexity index is 561. The zero-order valence-electron chi connectivity index (χ0n) is 11.0. The van der Waals surface area contributed by atoms with Gasteiger partial charge in [0.2, 0.25) is 0 Å². The van der Waals surface area contributed by atoms with Crippen LogP contribution in [0, 0.1) is 19.7 Å². The topological polar surface area (TPSA) is 12.0 Å². The van der Waals surface area contributed by atoms with Crippen molar-refractivity contribution in [2.75, 3.05) is 7.05 Å². The van der Waals surface area contributed by atoms with Crippen LogP contribution in [0.5, 0.6) is 0 Å². The number of hydrogen-bond acceptors (Lipinski definition) is 1. The summed E-state index contributed by atoms with van der Waals surface area (Å²) in [5.74, 6) is -0.192. The maximum absolute atomic E-state index is 13.4. The summed E-state index contributed by atoms with van der Waals surface area (Å²) in [6.07, 6.45) is 0. The Morgan fingerprint density at radius 3 is 2.44 bits per heavy atom. The Labute approximate surface area is 108 Å². The zero-order chi connectivity index (χ0) is 13.1. The van der Waals surface area contributed by atoms with Gasteiger partial charge < -0.3 is 5.32 Å². The summed E-state index contributed by atoms with van der Waals surface area (Å²) in [6, 6.07) is 11.2. The molecule has 18 heavy (non-hydrogen) atoms. The zero-order valence-corrected chi connectivity index (χ0v) is 11.0. The monoisotopic (exact) mass is 243 g/mol. The van der Waals surface area contributed by atoms with Crippen LogP contribution in [0.25, 0.3) is 11.1 Å². The highest BCUT2D eigenvalue weighted by Gasteiger charge is 2.07. The molecule has 0 saturated heterocycles. The van der Waals surface area contributed by atoms with Gasteiger partial charge in [0.25, 0.3) is 0 Å². The van der Waals surface area contributed by atoms with Crippen molar-refractivity contribution in [3.8, 4) is 11.1 Å². The highest BCUT2D eigenvalue weighted by atomic mass is 19.1. The van der Waals surface area contributed by atoms with Crippen LogP contribution in [0.2, 0.25) is 0 Å². The minimum absolute atomic E-state index is 0.192. The molecule has 2 heteroatoms. The second kappa shape index (κ2) is 5.32. The molecule has 0 aliphatic carbocycles. The van der Waals surface area contributed by atoms with Crippen LogP contribution in [0.1, 0.15) is 16.7 Å². The van der Waals surface area contributed by atoms with Crippen molar-refractivity contribution in [1.82, 2.24) is 5.32 Å². The van der Waals surface area contributed by atoms with Gasteiger partial charge in [0.1, 0.15) is 5.82 Å². The van der Waals surface area contributed by atoms with Gasteiger partial charge in [0.05, 0.1) is 0 Å². The summed E-state index contributed by atoms with van der Waals surface area (Å²) < 4.78 is 13.4. The summed E-state index contributed by atoms with van der Waals surface area (Å²) in [6.45, 7) is 4.90. The maximum Gasteiger partial charge on any atom is 0.123 e. The lowest BCUT2D eigenvalue weighted by atomic mass is 9.96. The molecule has 1 N–H and O–H groups in total. The third-order valence-electron chi connectivity index (χ3n) is 3.26. The fourth-order valence-corrected chi connectivity index (χ4v) is 2.07. The van der Waals surface area contributed by atoms with Crippen molar-refractivity contribution < 1.29 is 4.39 Å². The Morgan fingerprint density at radius 2 is 1.78 bits per heavy atom. The van der Waals surface area contributed by atoms with Gasteiger partial charge in [0.15, 0.2) is 0 Å². The minimum Gasteiger partial charge on any atom is -0.316 e. The van der Waals surface area contributed by atoms with Gasteiger partial charge in [-0.25, -0.2) is 4.39 Å². The van der Waals surface area contributed by atoms with E-state index >= 15 is 0 Å². The van der Waals surface area contributed by atoms with Crippen molar-refractivity contribution >= 4 is 0 Å². The highest BCUT2D eigenvalue weighted by molar-refractivity contribution is 5.68. The average Bonchev–Trinajstić information content (AvgIpc) is 2.35. The predicted octanol–water partition coefficient (Wildman–Crippen LogP) is 3.83. The molecule has 0 heterocycles. The molecule has 0 amide bonds. The molecule has 0 saturated carbocycles. The molecule has 0 radical (unpaired) electrons. The van der Waals surface area contributed by atoms with E-state index in [1.807, 2.05) is 13.1 Å². The van der Waals surface area contributed by atoms with Crippen LogP contribution in [-0.4, -0.2) is 7.05 Å². The molecular formula is C16H18FN. The van der Waals surface area contributed by atoms with Gasteiger partial charge in [-0.2, -0.15) is 0 Å². The lowest BCUT2D eigenvalue weighted by Gasteiger charge is -2.11. The van der Waals surface area contributed by atoms with Crippen molar-refractivity contribution in [1.29, 1.82) is 0 Å². The number of halogens is 1. The fraction of sp³-hybridized carbons (Fsp3) is 0.250. The van der Waals surface area contributed by atoms with E-state index < -0.39 is 0 Å². The molecule has 0 aliphatic rings. The van der Waals surface area contributed by atoms with Crippen LogP contribution in [0.4, 0.5) is 4.39 Å². The number of nitrogens with one attached hydrogen (secondary N) is 1. The van der Waals surface area contributed by atoms with E-state index in [4.69, 9.17) is 0 Å². The summed E-state index contributed by atoms with van der Waals surface area (Å²) >= 11 is 0. The third kappa shape index (κ3) is 2.59. The molecule has 0 aliphatic heterocycles. The van der Waals surface area contributed by atoms with Crippen LogP contribution in [0.3, 0.4) is 0 Å². The standard InChI is InChI=1S/C16H18FN/c1-11-4-5-13(8-12(11)2)16-9-15(17)7-6-14(16)10-18-3/h4-9,18H,10H2,1-3H3. The number of benzene rings is 2. The second-order valence-electron chi connectivity index (χ2n) is 4.63. The molecule has 0 spiro atoms. The Balaban J connectivity index is 2.54. The first-order valence-corrected chi connectivity index (χ1v) is 6.12. The number of hydrogen-bond donors (Lipinski definition) is 1. The lowest BCUT2D eigenvalue weighted by molar-refractivity contribution is 0.627. The Morgan fingerprint density at radius 1 is 1.00 bits per heavy atom. The molecule has 2 aromatic carbocycles. The van der Waals surface area contributed by atoms with Crippen molar-refractivity contribution in [3.05, 3.63) is 58.9 Å². The first-order valence-electron chi connectivity index (χ1n) is 6.12. The van der Waals surface area contributed by atoms with E-state index in [-0.39, 0.29) is 5.82 Å². The summed E-state index contributed by atoms with van der Waals surface area (Å²) in [5, 5.41) is 3.12. The van der Waals surface area contributed by atoms with Crippen molar-refractivity contribution in [2.24, 2.45) is 0 Å². The molecule has 2 aromatic rings. The van der Waals surface area contributed by atoms with E-state index in [0.29, 0.717) is 0 Å². The lowest BCUT2D eigenvalue weighted by Crippen LogP contribution is -2.06. The molecule has 2 rings (SSSR count). The number of aryl methyl sites for hydroxylation is 2. The molecule has 0 aromatic heterocycles. The number of rotatable bonds is 3. The normalized spacial score (nSPS) is 10.7. The van der Waals surface area contributed by atoms with Crippen molar-refractivity contribution in [3.63, 3.8) is 0 Å². The van der Waals surface area contributed by atoms with E-state index in [9.17, 15) is 4.39 Å². The van der Waals surface area contributed by atoms with Crippen LogP contribution in [-0.2, 0) is 6.54 Å².